The maximum absolute atomic E-state index is 14.3. The Labute approximate surface area is 454 Å². The highest BCUT2D eigenvalue weighted by Crippen LogP contribution is 2.44. The van der Waals surface area contributed by atoms with Crippen LogP contribution in [-0.4, -0.2) is 171 Å². The lowest BCUT2D eigenvalue weighted by molar-refractivity contribution is -0.172. The molecular formula is C53H69N9O17. The van der Waals surface area contributed by atoms with E-state index in [1.54, 1.807) is 39.0 Å². The zero-order valence-corrected chi connectivity index (χ0v) is 44.5. The Morgan fingerprint density at radius 3 is 2.13 bits per heavy atom. The summed E-state index contributed by atoms with van der Waals surface area (Å²) in [5.74, 6) is -3.71. The van der Waals surface area contributed by atoms with Crippen molar-refractivity contribution in [2.45, 2.75) is 89.6 Å². The van der Waals surface area contributed by atoms with Gasteiger partial charge in [-0.05, 0) is 56.3 Å². The summed E-state index contributed by atoms with van der Waals surface area (Å²) < 4.78 is 39.8. The average Bonchev–Trinajstić information content (AvgIpc) is 4.13. The number of hydrogen-bond acceptors (Lipinski definition) is 19. The second-order valence-corrected chi connectivity index (χ2v) is 19.3. The van der Waals surface area contributed by atoms with Crippen LogP contribution in [0.15, 0.2) is 41.2 Å². The van der Waals surface area contributed by atoms with Gasteiger partial charge in [-0.2, -0.15) is 0 Å². The number of aromatic nitrogens is 2. The monoisotopic (exact) mass is 1100 g/mol. The van der Waals surface area contributed by atoms with Gasteiger partial charge >= 0.3 is 5.97 Å². The van der Waals surface area contributed by atoms with E-state index in [4.69, 9.17) is 43.9 Å². The highest BCUT2D eigenvalue weighted by molar-refractivity contribution is 6.13. The van der Waals surface area contributed by atoms with Gasteiger partial charge in [0, 0.05) is 67.2 Å². The fourth-order valence-corrected chi connectivity index (χ4v) is 9.26. The summed E-state index contributed by atoms with van der Waals surface area (Å²) in [5, 5.41) is 25.7. The van der Waals surface area contributed by atoms with Gasteiger partial charge in [0.15, 0.2) is 17.1 Å². The number of imide groups is 1. The number of esters is 1. The van der Waals surface area contributed by atoms with Crippen LogP contribution >= 0.6 is 0 Å². The summed E-state index contributed by atoms with van der Waals surface area (Å²) in [6, 6.07) is 3.98. The summed E-state index contributed by atoms with van der Waals surface area (Å²) >= 11 is 0. The second kappa shape index (κ2) is 28.0. The fourth-order valence-electron chi connectivity index (χ4n) is 9.26. The van der Waals surface area contributed by atoms with Crippen LogP contribution in [-0.2, 0) is 74.2 Å². The minimum absolute atomic E-state index is 0.00147. The number of carbonyl (C=O) groups is 8. The summed E-state index contributed by atoms with van der Waals surface area (Å²) in [6.45, 7) is 6.71. The molecule has 0 saturated carbocycles. The summed E-state index contributed by atoms with van der Waals surface area (Å²) in [4.78, 5) is 122. The molecule has 4 aliphatic heterocycles. The Kier molecular flexibility index (Phi) is 21.0. The van der Waals surface area contributed by atoms with Crippen molar-refractivity contribution in [3.8, 4) is 22.9 Å². The van der Waals surface area contributed by atoms with Crippen LogP contribution in [0.2, 0.25) is 0 Å². The number of unbranched alkanes of at least 4 members (excludes halogenated alkanes) is 1. The summed E-state index contributed by atoms with van der Waals surface area (Å²) in [6.07, 6.45) is 3.45. The van der Waals surface area contributed by atoms with E-state index in [-0.39, 0.29) is 108 Å². The van der Waals surface area contributed by atoms with Gasteiger partial charge in [0.2, 0.25) is 36.3 Å². The molecule has 7 rings (SSSR count). The summed E-state index contributed by atoms with van der Waals surface area (Å²) in [7, 11) is 0. The van der Waals surface area contributed by atoms with Crippen LogP contribution in [0.25, 0.3) is 22.3 Å². The van der Waals surface area contributed by atoms with Gasteiger partial charge in [-0.1, -0.05) is 20.8 Å². The Bertz CT molecular complexity index is 2840. The molecule has 4 atom stereocenters. The van der Waals surface area contributed by atoms with Crippen molar-refractivity contribution < 1.29 is 76.6 Å². The molecule has 0 saturated heterocycles. The summed E-state index contributed by atoms with van der Waals surface area (Å²) in [5.41, 5.74) is 5.16. The molecule has 0 spiro atoms. The third-order valence-electron chi connectivity index (χ3n) is 13.6. The van der Waals surface area contributed by atoms with E-state index >= 15 is 0 Å². The van der Waals surface area contributed by atoms with E-state index in [0.717, 1.165) is 4.90 Å². The predicted octanol–water partition coefficient (Wildman–Crippen LogP) is -0.776. The molecule has 26 heteroatoms. The zero-order valence-electron chi connectivity index (χ0n) is 44.5. The molecule has 6 heterocycles. The van der Waals surface area contributed by atoms with Gasteiger partial charge in [-0.25, -0.2) is 9.78 Å². The van der Waals surface area contributed by atoms with Gasteiger partial charge in [-0.3, -0.25) is 47.8 Å². The maximum Gasteiger partial charge on any atom is 0.343 e. The third-order valence-corrected chi connectivity index (χ3v) is 13.6. The molecule has 8 N–H and O–H groups in total. The fraction of sp³-hybridized carbons (Fsp3) is 0.547. The number of nitrogens with two attached hydrogens (primary N) is 1. The molecule has 2 aromatic heterocycles. The molecule has 0 aliphatic carbocycles. The van der Waals surface area contributed by atoms with Crippen molar-refractivity contribution in [2.75, 3.05) is 92.4 Å². The van der Waals surface area contributed by atoms with E-state index in [0.29, 0.717) is 85.2 Å². The van der Waals surface area contributed by atoms with Gasteiger partial charge < -0.3 is 70.6 Å². The van der Waals surface area contributed by atoms with E-state index in [2.05, 4.69) is 26.6 Å². The lowest BCUT2D eigenvalue weighted by Gasteiger charge is -2.32. The lowest BCUT2D eigenvalue weighted by Crippen LogP contribution is -2.56. The molecule has 7 amide bonds. The van der Waals surface area contributed by atoms with Crippen LogP contribution in [0.1, 0.15) is 82.0 Å². The van der Waals surface area contributed by atoms with E-state index < -0.39 is 77.2 Å². The molecule has 0 radical (unpaired) electrons. The standard InChI is InChI=1S/C53H69N9O17/c1-4-53(72)35-25-38-48-33(23-32-24-40-41(79-30-78-40)26-37(32)58-48)39(62(38)51(70)34(35)29-77-52(53)71)27-56-44(65)28-57-49(68)36(7-5-6-12-54)59-50(69)47(31(2)3)60-43(64)11-15-73-17-19-75-21-22-76-20-18-74-16-13-55-42(63)10-14-61-45(66)8-9-46(61)67/h8-9,23-26,31,36,39,47,72H,4-7,10-22,27-30,54H2,1-3H3,(H,55,63)(H,56,65)(H,57,68)(H,59,69)(H,60,64)/t36-,39?,47?,53-/m0/s1. The number of pyridine rings is 2. The highest BCUT2D eigenvalue weighted by atomic mass is 16.7. The first-order chi connectivity index (χ1) is 38.0. The largest absolute Gasteiger partial charge is 0.458 e. The average molecular weight is 1100 g/mol. The molecule has 428 valence electrons. The van der Waals surface area contributed by atoms with Crippen LogP contribution in [0.5, 0.6) is 11.5 Å². The van der Waals surface area contributed by atoms with Gasteiger partial charge in [0.05, 0.1) is 87.9 Å². The van der Waals surface area contributed by atoms with Gasteiger partial charge in [-0.15, -0.1) is 0 Å². The molecule has 4 aliphatic rings. The number of hydrogen-bond donors (Lipinski definition) is 7. The van der Waals surface area contributed by atoms with E-state index in [9.17, 15) is 48.3 Å². The van der Waals surface area contributed by atoms with Crippen LogP contribution < -0.4 is 47.4 Å². The topological polar surface area (TPSA) is 346 Å². The number of rotatable bonds is 32. The molecule has 2 unspecified atom stereocenters. The van der Waals surface area contributed by atoms with Gasteiger partial charge in [0.1, 0.15) is 18.7 Å². The Morgan fingerprint density at radius 1 is 0.785 bits per heavy atom. The minimum atomic E-state index is -2.06. The Hall–Kier alpha value is -7.36. The molecule has 1 aromatic carbocycles. The van der Waals surface area contributed by atoms with E-state index in [1.165, 1.54) is 16.7 Å². The number of carbonyl (C=O) groups excluding carboxylic acids is 8. The minimum Gasteiger partial charge on any atom is -0.458 e. The quantitative estimate of drug-likeness (QED) is 0.0229. The number of nitrogens with one attached hydrogen (secondary N) is 5. The number of cyclic esters (lactones) is 1. The number of ether oxygens (including phenoxy) is 7. The van der Waals surface area contributed by atoms with Crippen LogP contribution in [0, 0.1) is 5.92 Å². The highest BCUT2D eigenvalue weighted by Gasteiger charge is 2.46. The maximum atomic E-state index is 14.3. The zero-order chi connectivity index (χ0) is 56.6. The molecule has 79 heavy (non-hydrogen) atoms. The van der Waals surface area contributed by atoms with Crippen molar-refractivity contribution in [2.24, 2.45) is 11.7 Å². The first kappa shape index (κ1) is 59.3. The predicted molar refractivity (Wildman–Crippen MR) is 279 cm³/mol. The number of benzene rings is 1. The second-order valence-electron chi connectivity index (χ2n) is 19.3. The van der Waals surface area contributed by atoms with Crippen molar-refractivity contribution in [3.05, 3.63) is 63.5 Å². The van der Waals surface area contributed by atoms with E-state index in [1.807, 2.05) is 6.07 Å². The van der Waals surface area contributed by atoms with Crippen molar-refractivity contribution >= 4 is 58.2 Å². The molecule has 0 bridgehead atoms. The lowest BCUT2D eigenvalue weighted by atomic mass is 9.86. The van der Waals surface area contributed by atoms with Crippen LogP contribution in [0.3, 0.4) is 0 Å². The molecule has 3 aromatic rings. The SMILES string of the molecule is CC[C@@]1(O)C(=O)OCc2c1cc1n(c2=O)C(CNC(=O)CNC(=O)[C@H](CCCCN)NC(=O)C(NC(=O)CCOCCOCCOCCOCCNC(=O)CCN2C(=O)C=CC2=O)C(C)C)c2cc3cc4c(cc3nc2-1)OCO4. The normalized spacial score (nSPS) is 17.5. The van der Waals surface area contributed by atoms with Crippen molar-refractivity contribution in [1.29, 1.82) is 0 Å². The van der Waals surface area contributed by atoms with Crippen LogP contribution in [0.4, 0.5) is 0 Å². The number of fused-ring (bicyclic) bond motifs is 6. The molecule has 26 nitrogen and oxygen atoms in total. The van der Waals surface area contributed by atoms with Crippen molar-refractivity contribution in [1.82, 2.24) is 41.0 Å². The van der Waals surface area contributed by atoms with Crippen molar-refractivity contribution in [3.63, 3.8) is 0 Å². The van der Waals surface area contributed by atoms with Gasteiger partial charge in [0.25, 0.3) is 17.4 Å². The molecular weight excluding hydrogens is 1030 g/mol. The first-order valence-corrected chi connectivity index (χ1v) is 26.4. The number of aliphatic hydroxyl groups is 1. The first-order valence-electron chi connectivity index (χ1n) is 26.4. The number of amides is 7. The molecule has 0 fully saturated rings. The third kappa shape index (κ3) is 14.9. The number of nitrogens with zero attached hydrogens (tertiary/aromatic N) is 3. The smallest absolute Gasteiger partial charge is 0.343 e. The Balaban J connectivity index is 0.824. The Morgan fingerprint density at radius 2 is 1.46 bits per heavy atom.